The Labute approximate surface area is 95.2 Å². The van der Waals surface area contributed by atoms with Crippen molar-refractivity contribution in [3.05, 3.63) is 32.8 Å². The van der Waals surface area contributed by atoms with E-state index < -0.39 is 0 Å². The molecule has 4 heteroatoms. The summed E-state index contributed by atoms with van der Waals surface area (Å²) >= 11 is 11.4. The van der Waals surface area contributed by atoms with E-state index in [0.717, 1.165) is 21.0 Å². The van der Waals surface area contributed by atoms with Gasteiger partial charge in [-0.15, -0.1) is 0 Å². The van der Waals surface area contributed by atoms with Crippen LogP contribution in [0.2, 0.25) is 5.02 Å². The highest BCUT2D eigenvalue weighted by atomic mass is 79.9. The van der Waals surface area contributed by atoms with E-state index in [0.29, 0.717) is 0 Å². The second kappa shape index (κ2) is 3.81. The van der Waals surface area contributed by atoms with Crippen LogP contribution in [0.1, 0.15) is 17.2 Å². The van der Waals surface area contributed by atoms with E-state index in [1.807, 2.05) is 17.8 Å². The molecule has 1 aromatic rings. The zero-order valence-corrected chi connectivity index (χ0v) is 10.0. The molecule has 13 heavy (non-hydrogen) atoms. The van der Waals surface area contributed by atoms with Crippen LogP contribution in [0.4, 0.5) is 0 Å². The molecule has 0 aliphatic carbocycles. The Bertz CT molecular complexity index is 343. The van der Waals surface area contributed by atoms with Gasteiger partial charge in [-0.05, 0) is 23.3 Å². The topological polar surface area (TPSA) is 26.0 Å². The summed E-state index contributed by atoms with van der Waals surface area (Å²) in [4.78, 5) is 0. The number of thioether (sulfide) groups is 1. The number of benzene rings is 1. The lowest BCUT2D eigenvalue weighted by Gasteiger charge is -2.23. The van der Waals surface area contributed by atoms with Crippen molar-refractivity contribution in [3.63, 3.8) is 0 Å². The predicted molar refractivity (Wildman–Crippen MR) is 62.2 cm³/mol. The fourth-order valence-corrected chi connectivity index (χ4v) is 3.54. The molecule has 1 unspecified atom stereocenters. The fourth-order valence-electron chi connectivity index (χ4n) is 1.48. The van der Waals surface area contributed by atoms with Crippen molar-refractivity contribution in [3.8, 4) is 0 Å². The van der Waals surface area contributed by atoms with Crippen LogP contribution in [-0.2, 0) is 5.75 Å². The first-order valence-electron chi connectivity index (χ1n) is 3.99. The summed E-state index contributed by atoms with van der Waals surface area (Å²) in [5.74, 6) is 1.97. The average Bonchev–Trinajstić information content (AvgIpc) is 2.07. The third kappa shape index (κ3) is 1.89. The maximum atomic E-state index is 6.11. The van der Waals surface area contributed by atoms with Crippen LogP contribution in [0.25, 0.3) is 0 Å². The minimum absolute atomic E-state index is 0.128. The molecule has 0 spiro atoms. The van der Waals surface area contributed by atoms with Gasteiger partial charge in [0.05, 0.1) is 0 Å². The van der Waals surface area contributed by atoms with Gasteiger partial charge < -0.3 is 5.73 Å². The summed E-state index contributed by atoms with van der Waals surface area (Å²) in [5.41, 5.74) is 8.38. The molecule has 1 aliphatic rings. The standard InChI is InChI=1S/C9H9BrClNS/c10-5-1-6-7(8(11)2-5)3-13-4-9(6)12/h1-2,9H,3-4,12H2. The number of fused-ring (bicyclic) bond motifs is 1. The molecule has 1 nitrogen and oxygen atoms in total. The van der Waals surface area contributed by atoms with E-state index in [1.165, 1.54) is 11.1 Å². The Morgan fingerprint density at radius 1 is 1.54 bits per heavy atom. The molecule has 0 amide bonds. The van der Waals surface area contributed by atoms with E-state index in [2.05, 4.69) is 22.0 Å². The second-order valence-electron chi connectivity index (χ2n) is 3.08. The summed E-state index contributed by atoms with van der Waals surface area (Å²) in [6.07, 6.45) is 0. The molecule has 2 N–H and O–H groups in total. The quantitative estimate of drug-likeness (QED) is 0.787. The minimum atomic E-state index is 0.128. The number of rotatable bonds is 0. The lowest BCUT2D eigenvalue weighted by molar-refractivity contribution is 0.809. The van der Waals surface area contributed by atoms with Gasteiger partial charge in [-0.1, -0.05) is 27.5 Å². The van der Waals surface area contributed by atoms with Crippen molar-refractivity contribution < 1.29 is 0 Å². The van der Waals surface area contributed by atoms with Crippen LogP contribution in [0.5, 0.6) is 0 Å². The number of halogens is 2. The molecular weight excluding hydrogens is 270 g/mol. The van der Waals surface area contributed by atoms with Gasteiger partial charge in [0.15, 0.2) is 0 Å². The van der Waals surface area contributed by atoms with E-state index in [9.17, 15) is 0 Å². The highest BCUT2D eigenvalue weighted by Gasteiger charge is 2.19. The molecule has 1 atom stereocenters. The van der Waals surface area contributed by atoms with Crippen LogP contribution in [0.15, 0.2) is 16.6 Å². The smallest absolute Gasteiger partial charge is 0.0460 e. The third-order valence-corrected chi connectivity index (χ3v) is 4.02. The molecule has 0 aromatic heterocycles. The molecule has 70 valence electrons. The Kier molecular flexibility index (Phi) is 2.88. The normalized spacial score (nSPS) is 21.3. The van der Waals surface area contributed by atoms with Crippen molar-refractivity contribution in [1.82, 2.24) is 0 Å². The average molecular weight is 279 g/mol. The number of hydrogen-bond acceptors (Lipinski definition) is 2. The van der Waals surface area contributed by atoms with Crippen molar-refractivity contribution in [1.29, 1.82) is 0 Å². The second-order valence-corrected chi connectivity index (χ2v) is 5.43. The van der Waals surface area contributed by atoms with Gasteiger partial charge in [0.2, 0.25) is 0 Å². The first kappa shape index (κ1) is 9.84. The van der Waals surface area contributed by atoms with Gasteiger partial charge in [0, 0.05) is 27.0 Å². The summed E-state index contributed by atoms with van der Waals surface area (Å²) in [6, 6.07) is 4.13. The molecule has 1 heterocycles. The van der Waals surface area contributed by atoms with E-state index >= 15 is 0 Å². The molecule has 0 saturated carbocycles. The van der Waals surface area contributed by atoms with Gasteiger partial charge in [0.25, 0.3) is 0 Å². The summed E-state index contributed by atoms with van der Waals surface area (Å²) < 4.78 is 1.01. The highest BCUT2D eigenvalue weighted by Crippen LogP contribution is 2.36. The Morgan fingerprint density at radius 2 is 2.31 bits per heavy atom. The lowest BCUT2D eigenvalue weighted by Crippen LogP contribution is -2.19. The summed E-state index contributed by atoms with van der Waals surface area (Å²) in [7, 11) is 0. The van der Waals surface area contributed by atoms with Gasteiger partial charge in [-0.25, -0.2) is 0 Å². The molecule has 0 radical (unpaired) electrons. The number of hydrogen-bond donors (Lipinski definition) is 1. The number of nitrogens with two attached hydrogens (primary N) is 1. The first-order chi connectivity index (χ1) is 6.18. The SMILES string of the molecule is NC1CSCc2c(Cl)cc(Br)cc21. The van der Waals surface area contributed by atoms with Crippen LogP contribution in [-0.4, -0.2) is 5.75 Å². The summed E-state index contributed by atoms with van der Waals surface area (Å²) in [5, 5.41) is 0.826. The molecule has 1 aromatic carbocycles. The minimum Gasteiger partial charge on any atom is -0.323 e. The molecule has 2 rings (SSSR count). The summed E-state index contributed by atoms with van der Waals surface area (Å²) in [6.45, 7) is 0. The Morgan fingerprint density at radius 3 is 3.08 bits per heavy atom. The van der Waals surface area contributed by atoms with E-state index in [1.54, 1.807) is 0 Å². The van der Waals surface area contributed by atoms with Crippen molar-refractivity contribution >= 4 is 39.3 Å². The zero-order chi connectivity index (χ0) is 9.42. The van der Waals surface area contributed by atoms with E-state index in [4.69, 9.17) is 17.3 Å². The van der Waals surface area contributed by atoms with Crippen LogP contribution in [0.3, 0.4) is 0 Å². The third-order valence-electron chi connectivity index (χ3n) is 2.14. The van der Waals surface area contributed by atoms with Crippen LogP contribution < -0.4 is 5.73 Å². The zero-order valence-electron chi connectivity index (χ0n) is 6.89. The molecular formula is C9H9BrClNS. The molecule has 0 fully saturated rings. The van der Waals surface area contributed by atoms with Crippen LogP contribution in [0, 0.1) is 0 Å². The van der Waals surface area contributed by atoms with Crippen molar-refractivity contribution in [2.24, 2.45) is 5.73 Å². The highest BCUT2D eigenvalue weighted by molar-refractivity contribution is 9.10. The van der Waals surface area contributed by atoms with E-state index in [-0.39, 0.29) is 6.04 Å². The largest absolute Gasteiger partial charge is 0.323 e. The monoisotopic (exact) mass is 277 g/mol. The Balaban J connectivity index is 2.56. The predicted octanol–water partition coefficient (Wildman–Crippen LogP) is 3.35. The maximum absolute atomic E-state index is 6.11. The van der Waals surface area contributed by atoms with Gasteiger partial charge >= 0.3 is 0 Å². The molecule has 1 aliphatic heterocycles. The lowest BCUT2D eigenvalue weighted by atomic mass is 10.0. The van der Waals surface area contributed by atoms with Crippen molar-refractivity contribution in [2.45, 2.75) is 11.8 Å². The molecule has 0 bridgehead atoms. The molecule has 0 saturated heterocycles. The van der Waals surface area contributed by atoms with Gasteiger partial charge in [-0.3, -0.25) is 0 Å². The van der Waals surface area contributed by atoms with Gasteiger partial charge in [-0.2, -0.15) is 11.8 Å². The maximum Gasteiger partial charge on any atom is 0.0460 e. The fraction of sp³-hybridized carbons (Fsp3) is 0.333. The van der Waals surface area contributed by atoms with Crippen molar-refractivity contribution in [2.75, 3.05) is 5.75 Å². The van der Waals surface area contributed by atoms with Crippen LogP contribution >= 0.6 is 39.3 Å². The Hall–Kier alpha value is 0.300. The van der Waals surface area contributed by atoms with Gasteiger partial charge in [0.1, 0.15) is 0 Å². The first-order valence-corrected chi connectivity index (χ1v) is 6.32.